The highest BCUT2D eigenvalue weighted by molar-refractivity contribution is 7.13. The molecule has 0 unspecified atom stereocenters. The van der Waals surface area contributed by atoms with Gasteiger partial charge in [0.1, 0.15) is 17.2 Å². The molecule has 5 heteroatoms. The second-order valence-electron chi connectivity index (χ2n) is 5.84. The molecule has 0 aromatic carbocycles. The normalized spacial score (nSPS) is 15.0. The molecule has 1 N–H and O–H groups in total. The first-order valence-electron chi connectivity index (χ1n) is 7.56. The number of carbonyl (C=O) groups excluding carboxylic acids is 1. The molecule has 0 atom stereocenters. The molecule has 1 fully saturated rings. The Kier molecular flexibility index (Phi) is 3.22. The number of hydrogen-bond donors (Lipinski definition) is 1. The monoisotopic (exact) mass is 311 g/mol. The van der Waals surface area contributed by atoms with E-state index in [4.69, 9.17) is 4.98 Å². The number of anilines is 1. The van der Waals surface area contributed by atoms with Gasteiger partial charge in [-0.3, -0.25) is 9.20 Å². The molecule has 0 spiro atoms. The zero-order chi connectivity index (χ0) is 15.1. The first-order valence-corrected chi connectivity index (χ1v) is 8.44. The number of nitrogens with zero attached hydrogens (tertiary/aromatic N) is 2. The van der Waals surface area contributed by atoms with E-state index in [0.717, 1.165) is 46.9 Å². The van der Waals surface area contributed by atoms with Crippen LogP contribution in [0.4, 0.5) is 5.82 Å². The molecule has 3 heterocycles. The molecule has 3 aromatic rings. The Labute approximate surface area is 132 Å². The van der Waals surface area contributed by atoms with Gasteiger partial charge < -0.3 is 5.32 Å². The van der Waals surface area contributed by atoms with Crippen LogP contribution in [0.2, 0.25) is 0 Å². The van der Waals surface area contributed by atoms with Crippen molar-refractivity contribution in [2.75, 3.05) is 5.32 Å². The number of fused-ring (bicyclic) bond motifs is 1. The summed E-state index contributed by atoms with van der Waals surface area (Å²) in [6.07, 6.45) is 5.12. The first-order chi connectivity index (χ1) is 10.7. The van der Waals surface area contributed by atoms with Crippen LogP contribution in [0.3, 0.4) is 0 Å². The quantitative estimate of drug-likeness (QED) is 0.791. The fourth-order valence-electron chi connectivity index (χ4n) is 2.74. The molecule has 0 radical (unpaired) electrons. The Morgan fingerprint density at radius 3 is 2.95 bits per heavy atom. The smallest absolute Gasteiger partial charge is 0.228 e. The van der Waals surface area contributed by atoms with E-state index in [0.29, 0.717) is 0 Å². The molecular formula is C17H17N3OS. The van der Waals surface area contributed by atoms with Crippen LogP contribution in [0, 0.1) is 12.8 Å². The molecule has 1 amide bonds. The summed E-state index contributed by atoms with van der Waals surface area (Å²) in [6, 6.07) is 8.12. The van der Waals surface area contributed by atoms with Gasteiger partial charge in [0.15, 0.2) is 0 Å². The van der Waals surface area contributed by atoms with Crippen LogP contribution in [0.25, 0.3) is 16.2 Å². The molecule has 22 heavy (non-hydrogen) atoms. The van der Waals surface area contributed by atoms with Gasteiger partial charge in [-0.05, 0) is 48.9 Å². The number of aromatic nitrogens is 2. The Bertz CT molecular complexity index is 831. The van der Waals surface area contributed by atoms with E-state index in [1.165, 1.54) is 0 Å². The second-order valence-corrected chi connectivity index (χ2v) is 6.78. The summed E-state index contributed by atoms with van der Waals surface area (Å²) in [5, 5.41) is 5.14. The first kappa shape index (κ1) is 13.5. The van der Waals surface area contributed by atoms with E-state index in [1.807, 2.05) is 47.2 Å². The largest absolute Gasteiger partial charge is 0.310 e. The van der Waals surface area contributed by atoms with Crippen molar-refractivity contribution < 1.29 is 4.79 Å². The van der Waals surface area contributed by atoms with Crippen molar-refractivity contribution in [3.63, 3.8) is 0 Å². The van der Waals surface area contributed by atoms with Crippen molar-refractivity contribution in [2.24, 2.45) is 5.92 Å². The summed E-state index contributed by atoms with van der Waals surface area (Å²) < 4.78 is 1.97. The van der Waals surface area contributed by atoms with E-state index < -0.39 is 0 Å². The summed E-state index contributed by atoms with van der Waals surface area (Å²) in [5.41, 5.74) is 2.88. The second kappa shape index (κ2) is 5.25. The summed E-state index contributed by atoms with van der Waals surface area (Å²) in [4.78, 5) is 18.2. The van der Waals surface area contributed by atoms with Crippen LogP contribution >= 0.6 is 11.3 Å². The van der Waals surface area contributed by atoms with Crippen LogP contribution < -0.4 is 5.32 Å². The molecule has 3 aromatic heterocycles. The lowest BCUT2D eigenvalue weighted by Gasteiger charge is -2.24. The van der Waals surface area contributed by atoms with Crippen molar-refractivity contribution in [2.45, 2.75) is 26.2 Å². The van der Waals surface area contributed by atoms with Crippen molar-refractivity contribution in [3.05, 3.63) is 41.4 Å². The highest BCUT2D eigenvalue weighted by Crippen LogP contribution is 2.34. The standard InChI is InChI=1S/C17H17N3OS/c1-11-7-8-20-14(10-11)18-15(13-6-3-9-22-13)16(20)19-17(21)12-4-2-5-12/h3,6-10,12H,2,4-5H2,1H3,(H,19,21). The van der Waals surface area contributed by atoms with Gasteiger partial charge in [0, 0.05) is 12.1 Å². The molecular weight excluding hydrogens is 294 g/mol. The number of nitrogens with one attached hydrogen (secondary N) is 1. The van der Waals surface area contributed by atoms with Crippen molar-refractivity contribution >= 4 is 28.7 Å². The maximum atomic E-state index is 12.4. The van der Waals surface area contributed by atoms with E-state index in [-0.39, 0.29) is 11.8 Å². The lowest BCUT2D eigenvalue weighted by Crippen LogP contribution is -2.28. The SMILES string of the molecule is Cc1ccn2c(NC(=O)C3CCC3)c(-c3cccs3)nc2c1. The topological polar surface area (TPSA) is 46.4 Å². The average Bonchev–Trinajstić information content (AvgIpc) is 3.04. The Morgan fingerprint density at radius 2 is 2.27 bits per heavy atom. The average molecular weight is 311 g/mol. The highest BCUT2D eigenvalue weighted by atomic mass is 32.1. The summed E-state index contributed by atoms with van der Waals surface area (Å²) in [6.45, 7) is 2.05. The molecule has 112 valence electrons. The van der Waals surface area contributed by atoms with Gasteiger partial charge in [0.05, 0.1) is 4.88 Å². The van der Waals surface area contributed by atoms with Crippen molar-refractivity contribution in [3.8, 4) is 10.6 Å². The third kappa shape index (κ3) is 2.22. The number of hydrogen-bond acceptors (Lipinski definition) is 3. The number of imidazole rings is 1. The number of rotatable bonds is 3. The number of carbonyl (C=O) groups is 1. The van der Waals surface area contributed by atoms with Gasteiger partial charge in [-0.1, -0.05) is 12.5 Å². The maximum Gasteiger partial charge on any atom is 0.228 e. The molecule has 1 aliphatic carbocycles. The predicted octanol–water partition coefficient (Wildman–Crippen LogP) is 4.11. The molecule has 4 rings (SSSR count). The third-order valence-electron chi connectivity index (χ3n) is 4.25. The highest BCUT2D eigenvalue weighted by Gasteiger charge is 2.27. The van der Waals surface area contributed by atoms with Crippen molar-refractivity contribution in [1.29, 1.82) is 0 Å². The molecule has 1 aliphatic rings. The minimum atomic E-state index is 0.117. The molecule has 0 saturated heterocycles. The van der Waals surface area contributed by atoms with Crippen LogP contribution in [-0.4, -0.2) is 15.3 Å². The maximum absolute atomic E-state index is 12.4. The predicted molar refractivity (Wildman–Crippen MR) is 89.2 cm³/mol. The van der Waals surface area contributed by atoms with Gasteiger partial charge in [-0.15, -0.1) is 11.3 Å². The minimum absolute atomic E-state index is 0.117. The van der Waals surface area contributed by atoms with E-state index in [9.17, 15) is 4.79 Å². The van der Waals surface area contributed by atoms with Crippen molar-refractivity contribution in [1.82, 2.24) is 9.38 Å². The molecule has 1 saturated carbocycles. The van der Waals surface area contributed by atoms with Crippen LogP contribution in [0.15, 0.2) is 35.8 Å². The van der Waals surface area contributed by atoms with Gasteiger partial charge in [-0.25, -0.2) is 4.98 Å². The third-order valence-corrected chi connectivity index (χ3v) is 5.13. The van der Waals surface area contributed by atoms with Gasteiger partial charge >= 0.3 is 0 Å². The molecule has 4 nitrogen and oxygen atoms in total. The summed E-state index contributed by atoms with van der Waals surface area (Å²) >= 11 is 1.64. The Hall–Kier alpha value is -2.14. The van der Waals surface area contributed by atoms with E-state index in [2.05, 4.69) is 5.32 Å². The Morgan fingerprint density at radius 1 is 1.41 bits per heavy atom. The van der Waals surface area contributed by atoms with Crippen LogP contribution in [-0.2, 0) is 4.79 Å². The lowest BCUT2D eigenvalue weighted by molar-refractivity contribution is -0.122. The fraction of sp³-hybridized carbons (Fsp3) is 0.294. The molecule has 0 bridgehead atoms. The van der Waals surface area contributed by atoms with Gasteiger partial charge in [0.2, 0.25) is 5.91 Å². The zero-order valence-electron chi connectivity index (χ0n) is 12.4. The zero-order valence-corrected chi connectivity index (χ0v) is 13.2. The van der Waals surface area contributed by atoms with Gasteiger partial charge in [-0.2, -0.15) is 0 Å². The summed E-state index contributed by atoms with van der Waals surface area (Å²) in [5.74, 6) is 1.06. The lowest BCUT2D eigenvalue weighted by atomic mass is 9.85. The van der Waals surface area contributed by atoms with Crippen LogP contribution in [0.1, 0.15) is 24.8 Å². The minimum Gasteiger partial charge on any atom is -0.310 e. The summed E-state index contributed by atoms with van der Waals surface area (Å²) in [7, 11) is 0. The Balaban J connectivity index is 1.82. The fourth-order valence-corrected chi connectivity index (χ4v) is 3.46. The number of amides is 1. The van der Waals surface area contributed by atoms with E-state index >= 15 is 0 Å². The number of pyridine rings is 1. The number of aryl methyl sites for hydroxylation is 1. The van der Waals surface area contributed by atoms with Crippen LogP contribution in [0.5, 0.6) is 0 Å². The molecule has 0 aliphatic heterocycles. The number of thiophene rings is 1. The van der Waals surface area contributed by atoms with E-state index in [1.54, 1.807) is 11.3 Å². The van der Waals surface area contributed by atoms with Gasteiger partial charge in [0.25, 0.3) is 0 Å².